The van der Waals surface area contributed by atoms with Crippen LogP contribution in [0.5, 0.6) is 0 Å². The maximum Gasteiger partial charge on any atom is 0.0640 e. The second-order valence-corrected chi connectivity index (χ2v) is 3.20. The van der Waals surface area contributed by atoms with Gasteiger partial charge in [0.05, 0.1) is 19.3 Å². The predicted molar refractivity (Wildman–Crippen MR) is 43.4 cm³/mol. The highest BCUT2D eigenvalue weighted by molar-refractivity contribution is 4.72. The summed E-state index contributed by atoms with van der Waals surface area (Å²) in [6.45, 7) is 2.10. The van der Waals surface area contributed by atoms with Gasteiger partial charge in [-0.25, -0.2) is 0 Å². The van der Waals surface area contributed by atoms with E-state index in [0.717, 1.165) is 12.5 Å². The first-order chi connectivity index (χ1) is 5.33. The zero-order valence-electron chi connectivity index (χ0n) is 7.08. The van der Waals surface area contributed by atoms with Crippen LogP contribution in [-0.2, 0) is 9.47 Å². The molecule has 66 valence electrons. The maximum atomic E-state index is 5.64. The highest BCUT2D eigenvalue weighted by Crippen LogP contribution is 2.28. The zero-order valence-corrected chi connectivity index (χ0v) is 7.08. The molecule has 1 aliphatic rings. The van der Waals surface area contributed by atoms with Gasteiger partial charge in [-0.3, -0.25) is 0 Å². The number of nitrogens with two attached hydrogens (primary N) is 1. The fourth-order valence-electron chi connectivity index (χ4n) is 0.933. The lowest BCUT2D eigenvalue weighted by Gasteiger charge is -2.09. The van der Waals surface area contributed by atoms with Gasteiger partial charge in [0.2, 0.25) is 0 Å². The number of methoxy groups -OCH3 is 1. The largest absolute Gasteiger partial charge is 0.383 e. The number of hydrogen-bond acceptors (Lipinski definition) is 3. The molecule has 1 fully saturated rings. The van der Waals surface area contributed by atoms with Gasteiger partial charge in [-0.1, -0.05) is 0 Å². The molecule has 0 aromatic rings. The van der Waals surface area contributed by atoms with E-state index in [-0.39, 0.29) is 6.04 Å². The molecule has 3 heteroatoms. The normalized spacial score (nSPS) is 20.2. The van der Waals surface area contributed by atoms with E-state index in [0.29, 0.717) is 13.2 Å². The van der Waals surface area contributed by atoms with Crippen molar-refractivity contribution in [2.45, 2.75) is 18.9 Å². The summed E-state index contributed by atoms with van der Waals surface area (Å²) in [6.07, 6.45) is 2.67. The second-order valence-electron chi connectivity index (χ2n) is 3.20. The SMILES string of the molecule is COCC(N)COCC1CC1. The van der Waals surface area contributed by atoms with Gasteiger partial charge in [0.1, 0.15) is 0 Å². The molecule has 0 spiro atoms. The Kier molecular flexibility index (Phi) is 3.83. The van der Waals surface area contributed by atoms with Crippen molar-refractivity contribution in [1.29, 1.82) is 0 Å². The molecule has 1 unspecified atom stereocenters. The van der Waals surface area contributed by atoms with E-state index in [1.807, 2.05) is 0 Å². The topological polar surface area (TPSA) is 44.5 Å². The summed E-state index contributed by atoms with van der Waals surface area (Å²) in [5, 5.41) is 0. The van der Waals surface area contributed by atoms with Gasteiger partial charge in [-0.05, 0) is 18.8 Å². The first kappa shape index (κ1) is 8.97. The van der Waals surface area contributed by atoms with Crippen LogP contribution in [0, 0.1) is 5.92 Å². The minimum atomic E-state index is 0.0405. The molecule has 0 aromatic heterocycles. The van der Waals surface area contributed by atoms with E-state index in [2.05, 4.69) is 0 Å². The molecular weight excluding hydrogens is 142 g/mol. The van der Waals surface area contributed by atoms with Gasteiger partial charge in [0.25, 0.3) is 0 Å². The number of ether oxygens (including phenoxy) is 2. The lowest BCUT2D eigenvalue weighted by atomic mass is 10.3. The molecule has 2 N–H and O–H groups in total. The lowest BCUT2D eigenvalue weighted by molar-refractivity contribution is 0.0811. The van der Waals surface area contributed by atoms with Crippen LogP contribution < -0.4 is 5.73 Å². The van der Waals surface area contributed by atoms with Crippen molar-refractivity contribution in [3.63, 3.8) is 0 Å². The summed E-state index contributed by atoms with van der Waals surface area (Å²) in [5.41, 5.74) is 5.64. The quantitative estimate of drug-likeness (QED) is 0.609. The van der Waals surface area contributed by atoms with Crippen LogP contribution in [-0.4, -0.2) is 33.0 Å². The van der Waals surface area contributed by atoms with Crippen molar-refractivity contribution >= 4 is 0 Å². The summed E-state index contributed by atoms with van der Waals surface area (Å²) in [7, 11) is 1.65. The van der Waals surface area contributed by atoms with Gasteiger partial charge < -0.3 is 15.2 Å². The molecule has 0 heterocycles. The van der Waals surface area contributed by atoms with E-state index in [4.69, 9.17) is 15.2 Å². The van der Waals surface area contributed by atoms with Crippen LogP contribution in [0.1, 0.15) is 12.8 Å². The molecule has 0 saturated heterocycles. The standard InChI is InChI=1S/C8H17NO2/c1-10-5-8(9)6-11-4-7-2-3-7/h7-8H,2-6,9H2,1H3. The molecule has 1 saturated carbocycles. The molecule has 0 amide bonds. The summed E-state index contributed by atoms with van der Waals surface area (Å²) in [6, 6.07) is 0.0405. The Morgan fingerprint density at radius 2 is 2.18 bits per heavy atom. The maximum absolute atomic E-state index is 5.64. The first-order valence-electron chi connectivity index (χ1n) is 4.15. The van der Waals surface area contributed by atoms with E-state index in [9.17, 15) is 0 Å². The van der Waals surface area contributed by atoms with Crippen molar-refractivity contribution in [2.24, 2.45) is 11.7 Å². The van der Waals surface area contributed by atoms with Gasteiger partial charge in [-0.2, -0.15) is 0 Å². The summed E-state index contributed by atoms with van der Waals surface area (Å²) in [4.78, 5) is 0. The molecule has 1 rings (SSSR count). The van der Waals surface area contributed by atoms with E-state index in [1.54, 1.807) is 7.11 Å². The summed E-state index contributed by atoms with van der Waals surface area (Å²) in [5.74, 6) is 0.824. The van der Waals surface area contributed by atoms with Gasteiger partial charge in [-0.15, -0.1) is 0 Å². The fourth-order valence-corrected chi connectivity index (χ4v) is 0.933. The molecule has 0 aliphatic heterocycles. The Balaban J connectivity index is 1.84. The van der Waals surface area contributed by atoms with Crippen molar-refractivity contribution in [2.75, 3.05) is 26.9 Å². The van der Waals surface area contributed by atoms with Gasteiger partial charge in [0, 0.05) is 13.7 Å². The monoisotopic (exact) mass is 159 g/mol. The third-order valence-corrected chi connectivity index (χ3v) is 1.76. The first-order valence-corrected chi connectivity index (χ1v) is 4.15. The van der Waals surface area contributed by atoms with Crippen molar-refractivity contribution < 1.29 is 9.47 Å². The third kappa shape index (κ3) is 4.35. The number of rotatable bonds is 6. The van der Waals surface area contributed by atoms with E-state index in [1.165, 1.54) is 12.8 Å². The van der Waals surface area contributed by atoms with Crippen LogP contribution in [0.4, 0.5) is 0 Å². The van der Waals surface area contributed by atoms with Gasteiger partial charge >= 0.3 is 0 Å². The highest BCUT2D eigenvalue weighted by Gasteiger charge is 2.21. The van der Waals surface area contributed by atoms with Gasteiger partial charge in [0.15, 0.2) is 0 Å². The molecule has 11 heavy (non-hydrogen) atoms. The Morgan fingerprint density at radius 3 is 2.73 bits per heavy atom. The molecule has 0 radical (unpaired) electrons. The number of hydrogen-bond donors (Lipinski definition) is 1. The molecule has 0 bridgehead atoms. The van der Waals surface area contributed by atoms with Crippen molar-refractivity contribution in [1.82, 2.24) is 0 Å². The van der Waals surface area contributed by atoms with E-state index < -0.39 is 0 Å². The molecular formula is C8H17NO2. The lowest BCUT2D eigenvalue weighted by Crippen LogP contribution is -2.31. The highest BCUT2D eigenvalue weighted by atomic mass is 16.5. The molecule has 3 nitrogen and oxygen atoms in total. The Morgan fingerprint density at radius 1 is 1.45 bits per heavy atom. The van der Waals surface area contributed by atoms with Crippen LogP contribution >= 0.6 is 0 Å². The minimum absolute atomic E-state index is 0.0405. The van der Waals surface area contributed by atoms with Crippen LogP contribution in [0.25, 0.3) is 0 Å². The van der Waals surface area contributed by atoms with Crippen LogP contribution in [0.15, 0.2) is 0 Å². The Bertz CT molecular complexity index is 104. The minimum Gasteiger partial charge on any atom is -0.383 e. The third-order valence-electron chi connectivity index (χ3n) is 1.76. The molecule has 1 aliphatic carbocycles. The Labute approximate surface area is 67.9 Å². The Hall–Kier alpha value is -0.120. The average Bonchev–Trinajstić information content (AvgIpc) is 2.72. The average molecular weight is 159 g/mol. The summed E-state index contributed by atoms with van der Waals surface area (Å²) < 4.78 is 10.2. The van der Waals surface area contributed by atoms with Crippen LogP contribution in [0.3, 0.4) is 0 Å². The second kappa shape index (κ2) is 4.70. The van der Waals surface area contributed by atoms with Crippen molar-refractivity contribution in [3.8, 4) is 0 Å². The smallest absolute Gasteiger partial charge is 0.0640 e. The van der Waals surface area contributed by atoms with Crippen LogP contribution in [0.2, 0.25) is 0 Å². The van der Waals surface area contributed by atoms with Crippen molar-refractivity contribution in [3.05, 3.63) is 0 Å². The zero-order chi connectivity index (χ0) is 8.10. The predicted octanol–water partition coefficient (Wildman–Crippen LogP) is 0.387. The van der Waals surface area contributed by atoms with E-state index >= 15 is 0 Å². The summed E-state index contributed by atoms with van der Waals surface area (Å²) >= 11 is 0. The molecule has 1 atom stereocenters. The fraction of sp³-hybridized carbons (Fsp3) is 1.00. The molecule has 0 aromatic carbocycles.